The van der Waals surface area contributed by atoms with Crippen molar-refractivity contribution in [3.63, 3.8) is 0 Å². The molecule has 0 aliphatic rings. The number of nitrogens with one attached hydrogen (secondary N) is 2. The zero-order valence-electron chi connectivity index (χ0n) is 10.6. The molecule has 0 bridgehead atoms. The van der Waals surface area contributed by atoms with Gasteiger partial charge in [-0.1, -0.05) is 19.1 Å². The maximum Gasteiger partial charge on any atom is 0.279 e. The van der Waals surface area contributed by atoms with Gasteiger partial charge in [0.1, 0.15) is 0 Å². The first-order valence-corrected chi connectivity index (χ1v) is 7.39. The third-order valence-electron chi connectivity index (χ3n) is 2.75. The highest BCUT2D eigenvalue weighted by Crippen LogP contribution is 2.18. The minimum absolute atomic E-state index is 0.0110. The van der Waals surface area contributed by atoms with Crippen LogP contribution < -0.4 is 10.5 Å². The van der Waals surface area contributed by atoms with E-state index >= 15 is 0 Å². The average Bonchev–Trinajstić information content (AvgIpc) is 2.87. The van der Waals surface area contributed by atoms with E-state index in [9.17, 15) is 8.42 Å². The number of nitrogens with zero attached hydrogens (tertiary/aromatic N) is 1. The predicted octanol–water partition coefficient (Wildman–Crippen LogP) is 1.23. The van der Waals surface area contributed by atoms with Gasteiger partial charge in [-0.05, 0) is 24.1 Å². The summed E-state index contributed by atoms with van der Waals surface area (Å²) in [5.41, 5.74) is 7.52. The SMILES string of the molecule is CCc1cccc(NS(=O)(=O)c2[nH]ncc2CN)c1. The molecule has 0 aliphatic heterocycles. The smallest absolute Gasteiger partial charge is 0.279 e. The van der Waals surface area contributed by atoms with Crippen LogP contribution in [0.15, 0.2) is 35.5 Å². The van der Waals surface area contributed by atoms with Crippen LogP contribution in [0.3, 0.4) is 0 Å². The van der Waals surface area contributed by atoms with Crippen LogP contribution in [0.25, 0.3) is 0 Å². The van der Waals surface area contributed by atoms with Gasteiger partial charge in [-0.3, -0.25) is 9.82 Å². The van der Waals surface area contributed by atoms with E-state index in [0.29, 0.717) is 11.3 Å². The van der Waals surface area contributed by atoms with Crippen molar-refractivity contribution in [1.82, 2.24) is 10.2 Å². The highest BCUT2D eigenvalue weighted by atomic mass is 32.2. The number of aryl methyl sites for hydroxylation is 1. The summed E-state index contributed by atoms with van der Waals surface area (Å²) in [6.07, 6.45) is 2.25. The molecule has 0 radical (unpaired) electrons. The lowest BCUT2D eigenvalue weighted by atomic mass is 10.1. The number of aromatic amines is 1. The molecule has 0 spiro atoms. The molecule has 0 amide bonds. The summed E-state index contributed by atoms with van der Waals surface area (Å²) in [5.74, 6) is 0. The quantitative estimate of drug-likeness (QED) is 0.766. The molecule has 1 heterocycles. The topological polar surface area (TPSA) is 101 Å². The third-order valence-corrected chi connectivity index (χ3v) is 4.15. The Kier molecular flexibility index (Phi) is 3.87. The monoisotopic (exact) mass is 280 g/mol. The lowest BCUT2D eigenvalue weighted by molar-refractivity contribution is 0.596. The molecule has 2 rings (SSSR count). The molecule has 7 heteroatoms. The molecular weight excluding hydrogens is 264 g/mol. The summed E-state index contributed by atoms with van der Waals surface area (Å²) >= 11 is 0. The molecule has 6 nitrogen and oxygen atoms in total. The van der Waals surface area contributed by atoms with Gasteiger partial charge in [0.25, 0.3) is 10.0 Å². The second kappa shape index (κ2) is 5.41. The number of rotatable bonds is 5. The Balaban J connectivity index is 2.31. The van der Waals surface area contributed by atoms with Gasteiger partial charge >= 0.3 is 0 Å². The van der Waals surface area contributed by atoms with Gasteiger partial charge in [-0.15, -0.1) is 0 Å². The molecule has 2 aromatic rings. The number of H-pyrrole nitrogens is 1. The van der Waals surface area contributed by atoms with E-state index in [4.69, 9.17) is 5.73 Å². The molecule has 102 valence electrons. The van der Waals surface area contributed by atoms with Gasteiger partial charge in [-0.2, -0.15) is 13.5 Å². The van der Waals surface area contributed by atoms with Gasteiger partial charge in [0.05, 0.1) is 6.20 Å². The van der Waals surface area contributed by atoms with Gasteiger partial charge in [0, 0.05) is 17.8 Å². The second-order valence-corrected chi connectivity index (χ2v) is 5.71. The number of hydrogen-bond acceptors (Lipinski definition) is 4. The van der Waals surface area contributed by atoms with Gasteiger partial charge < -0.3 is 5.73 Å². The van der Waals surface area contributed by atoms with Crippen molar-refractivity contribution in [2.24, 2.45) is 5.73 Å². The number of hydrogen-bond donors (Lipinski definition) is 3. The first-order valence-electron chi connectivity index (χ1n) is 5.91. The highest BCUT2D eigenvalue weighted by molar-refractivity contribution is 7.92. The number of benzene rings is 1. The molecule has 0 unspecified atom stereocenters. The predicted molar refractivity (Wildman–Crippen MR) is 73.1 cm³/mol. The zero-order valence-corrected chi connectivity index (χ0v) is 11.4. The molecule has 0 fully saturated rings. The number of aromatic nitrogens is 2. The van der Waals surface area contributed by atoms with Crippen molar-refractivity contribution >= 4 is 15.7 Å². The van der Waals surface area contributed by atoms with Crippen molar-refractivity contribution in [2.45, 2.75) is 24.9 Å². The van der Waals surface area contributed by atoms with Crippen molar-refractivity contribution in [2.75, 3.05) is 4.72 Å². The zero-order chi connectivity index (χ0) is 13.9. The lowest BCUT2D eigenvalue weighted by Gasteiger charge is -2.08. The minimum atomic E-state index is -3.69. The number of nitrogens with two attached hydrogens (primary N) is 1. The molecule has 4 N–H and O–H groups in total. The van der Waals surface area contributed by atoms with E-state index in [-0.39, 0.29) is 11.6 Å². The highest BCUT2D eigenvalue weighted by Gasteiger charge is 2.20. The summed E-state index contributed by atoms with van der Waals surface area (Å²) < 4.78 is 26.9. The number of anilines is 1. The van der Waals surface area contributed by atoms with E-state index in [2.05, 4.69) is 14.9 Å². The van der Waals surface area contributed by atoms with E-state index in [1.165, 1.54) is 6.20 Å². The Hall–Kier alpha value is -1.86. The van der Waals surface area contributed by atoms with Crippen LogP contribution in [0.5, 0.6) is 0 Å². The summed E-state index contributed by atoms with van der Waals surface area (Å²) in [7, 11) is -3.69. The van der Waals surface area contributed by atoms with Crippen molar-refractivity contribution in [3.8, 4) is 0 Å². The molecule has 0 saturated carbocycles. The Morgan fingerprint density at radius 3 is 2.89 bits per heavy atom. The van der Waals surface area contributed by atoms with E-state index in [1.807, 2.05) is 19.1 Å². The molecule has 1 aromatic carbocycles. The first-order chi connectivity index (χ1) is 9.06. The van der Waals surface area contributed by atoms with Gasteiger partial charge in [-0.25, -0.2) is 0 Å². The fourth-order valence-corrected chi connectivity index (χ4v) is 2.93. The van der Waals surface area contributed by atoms with Crippen molar-refractivity contribution in [3.05, 3.63) is 41.6 Å². The van der Waals surface area contributed by atoms with E-state index in [0.717, 1.165) is 12.0 Å². The van der Waals surface area contributed by atoms with E-state index in [1.54, 1.807) is 12.1 Å². The molecule has 0 aliphatic carbocycles. The fourth-order valence-electron chi connectivity index (χ4n) is 1.74. The van der Waals surface area contributed by atoms with Gasteiger partial charge in [0.15, 0.2) is 5.03 Å². The third kappa shape index (κ3) is 2.94. The minimum Gasteiger partial charge on any atom is -0.326 e. The van der Waals surface area contributed by atoms with E-state index < -0.39 is 10.0 Å². The average molecular weight is 280 g/mol. The van der Waals surface area contributed by atoms with Gasteiger partial charge in [0.2, 0.25) is 0 Å². The normalized spacial score (nSPS) is 11.5. The van der Waals surface area contributed by atoms with Crippen LogP contribution in [0.2, 0.25) is 0 Å². The Morgan fingerprint density at radius 1 is 1.42 bits per heavy atom. The maximum atomic E-state index is 12.2. The van der Waals surface area contributed by atoms with Crippen LogP contribution >= 0.6 is 0 Å². The van der Waals surface area contributed by atoms with Crippen LogP contribution in [0, 0.1) is 0 Å². The van der Waals surface area contributed by atoms with Crippen LogP contribution in [0.4, 0.5) is 5.69 Å². The summed E-state index contributed by atoms with van der Waals surface area (Å²) in [4.78, 5) is 0. The van der Waals surface area contributed by atoms with Crippen LogP contribution in [0.1, 0.15) is 18.1 Å². The molecule has 1 aromatic heterocycles. The summed E-state index contributed by atoms with van der Waals surface area (Å²) in [6.45, 7) is 2.12. The number of sulfonamides is 1. The first kappa shape index (κ1) is 13.6. The maximum absolute atomic E-state index is 12.2. The van der Waals surface area contributed by atoms with Crippen LogP contribution in [-0.2, 0) is 23.0 Å². The molecule has 19 heavy (non-hydrogen) atoms. The fraction of sp³-hybridized carbons (Fsp3) is 0.250. The molecular formula is C12H16N4O2S. The van der Waals surface area contributed by atoms with Crippen molar-refractivity contribution in [1.29, 1.82) is 0 Å². The Bertz CT molecular complexity index is 664. The second-order valence-electron chi connectivity index (χ2n) is 4.09. The standard InChI is InChI=1S/C12H16N4O2S/c1-2-9-4-3-5-11(6-9)16-19(17,18)12-10(7-13)8-14-15-12/h3-6,8,16H,2,7,13H2,1H3,(H,14,15). The van der Waals surface area contributed by atoms with Crippen LogP contribution in [-0.4, -0.2) is 18.6 Å². The molecule has 0 saturated heterocycles. The lowest BCUT2D eigenvalue weighted by Crippen LogP contribution is -2.16. The van der Waals surface area contributed by atoms with Crippen molar-refractivity contribution < 1.29 is 8.42 Å². The largest absolute Gasteiger partial charge is 0.326 e. The summed E-state index contributed by atoms with van der Waals surface area (Å²) in [6, 6.07) is 7.26. The summed E-state index contributed by atoms with van der Waals surface area (Å²) in [5, 5.41) is 6.19. The Morgan fingerprint density at radius 2 is 2.21 bits per heavy atom. The Labute approximate surface area is 112 Å². The molecule has 0 atom stereocenters.